The lowest BCUT2D eigenvalue weighted by Crippen LogP contribution is -2.26. The molecule has 3 fully saturated rings. The van der Waals surface area contributed by atoms with Crippen molar-refractivity contribution in [1.82, 2.24) is 0 Å². The summed E-state index contributed by atoms with van der Waals surface area (Å²) in [6.07, 6.45) is 14.4. The van der Waals surface area contributed by atoms with Gasteiger partial charge >= 0.3 is 0 Å². The molecule has 0 atom stereocenters. The van der Waals surface area contributed by atoms with E-state index in [0.717, 1.165) is 54.8 Å². The van der Waals surface area contributed by atoms with Crippen molar-refractivity contribution in [3.63, 3.8) is 0 Å². The molecular weight excluding hydrogens is 284 g/mol. The van der Waals surface area contributed by atoms with Crippen LogP contribution in [-0.2, 0) is 4.79 Å². The van der Waals surface area contributed by atoms with Crippen molar-refractivity contribution >= 4 is 11.5 Å². The molecule has 3 heteroatoms. The number of carbonyl (C=O) groups is 1. The highest BCUT2D eigenvalue weighted by atomic mass is 16.1. The lowest BCUT2D eigenvalue weighted by molar-refractivity contribution is -0.113. The highest BCUT2D eigenvalue weighted by Gasteiger charge is 2.30. The van der Waals surface area contributed by atoms with Crippen LogP contribution in [0.15, 0.2) is 16.3 Å². The van der Waals surface area contributed by atoms with Crippen molar-refractivity contribution in [3.05, 3.63) is 11.3 Å². The van der Waals surface area contributed by atoms with Crippen molar-refractivity contribution in [2.45, 2.75) is 77.6 Å². The number of aliphatic imine (C=N–C) groups is 1. The molecule has 3 aliphatic rings. The summed E-state index contributed by atoms with van der Waals surface area (Å²) in [5.41, 5.74) is 8.53. The number of Topliss-reactive ketones (excluding diaryl/α,β-unsaturated/α-hetero) is 1. The molecule has 3 aliphatic carbocycles. The van der Waals surface area contributed by atoms with Crippen LogP contribution in [0.5, 0.6) is 0 Å². The zero-order valence-corrected chi connectivity index (χ0v) is 14.7. The number of nitrogens with zero attached hydrogens (tertiary/aromatic N) is 1. The summed E-state index contributed by atoms with van der Waals surface area (Å²) in [5, 5.41) is 0. The molecule has 3 nitrogen and oxygen atoms in total. The number of hydrogen-bond donors (Lipinski definition) is 1. The van der Waals surface area contributed by atoms with Crippen LogP contribution in [0.25, 0.3) is 0 Å². The number of ketones is 1. The first-order chi connectivity index (χ1) is 11.1. The predicted molar refractivity (Wildman–Crippen MR) is 95.5 cm³/mol. The molecule has 0 spiro atoms. The standard InChI is InChI=1S/C20H32N2O/c1-14(23)20(21)18-6-3-7-19(18)22-13-12-15-8-10-17(11-9-15)16-4-2-5-16/h15-17H,2-13,21H2,1H3/b20-18-,22-19?. The van der Waals surface area contributed by atoms with Crippen LogP contribution in [0.2, 0.25) is 0 Å². The van der Waals surface area contributed by atoms with E-state index in [-0.39, 0.29) is 5.78 Å². The van der Waals surface area contributed by atoms with Crippen LogP contribution >= 0.6 is 0 Å². The summed E-state index contributed by atoms with van der Waals surface area (Å²) in [6, 6.07) is 0. The van der Waals surface area contributed by atoms with Gasteiger partial charge in [-0.1, -0.05) is 32.1 Å². The molecule has 23 heavy (non-hydrogen) atoms. The van der Waals surface area contributed by atoms with Gasteiger partial charge in [-0.2, -0.15) is 0 Å². The van der Waals surface area contributed by atoms with Crippen LogP contribution in [0, 0.1) is 17.8 Å². The van der Waals surface area contributed by atoms with Crippen LogP contribution in [-0.4, -0.2) is 18.0 Å². The SMILES string of the molecule is CC(=O)/C(N)=C1\CCCC1=NCCC1CCC(C2CCC2)CC1. The van der Waals surface area contributed by atoms with Crippen molar-refractivity contribution < 1.29 is 4.79 Å². The minimum Gasteiger partial charge on any atom is -0.396 e. The van der Waals surface area contributed by atoms with Gasteiger partial charge in [0.25, 0.3) is 0 Å². The predicted octanol–water partition coefficient (Wildman–Crippen LogP) is 4.41. The van der Waals surface area contributed by atoms with Gasteiger partial charge < -0.3 is 5.73 Å². The van der Waals surface area contributed by atoms with Crippen LogP contribution in [0.1, 0.15) is 77.6 Å². The second-order valence-electron chi connectivity index (χ2n) is 7.89. The third-order valence-corrected chi connectivity index (χ3v) is 6.44. The zero-order valence-electron chi connectivity index (χ0n) is 14.7. The Hall–Kier alpha value is -1.12. The summed E-state index contributed by atoms with van der Waals surface area (Å²) in [5.74, 6) is 2.96. The smallest absolute Gasteiger partial charge is 0.175 e. The van der Waals surface area contributed by atoms with Crippen LogP contribution < -0.4 is 5.73 Å². The zero-order chi connectivity index (χ0) is 16.2. The van der Waals surface area contributed by atoms with Gasteiger partial charge in [-0.3, -0.25) is 9.79 Å². The fourth-order valence-electron chi connectivity index (χ4n) is 4.65. The van der Waals surface area contributed by atoms with Gasteiger partial charge in [-0.25, -0.2) is 0 Å². The maximum Gasteiger partial charge on any atom is 0.175 e. The second-order valence-corrected chi connectivity index (χ2v) is 7.89. The Bertz CT molecular complexity index is 494. The van der Waals surface area contributed by atoms with Crippen molar-refractivity contribution in [1.29, 1.82) is 0 Å². The van der Waals surface area contributed by atoms with E-state index in [1.807, 2.05) is 0 Å². The molecule has 0 aromatic heterocycles. The Balaban J connectivity index is 1.45. The van der Waals surface area contributed by atoms with E-state index >= 15 is 0 Å². The topological polar surface area (TPSA) is 55.5 Å². The summed E-state index contributed by atoms with van der Waals surface area (Å²) >= 11 is 0. The Morgan fingerprint density at radius 2 is 1.74 bits per heavy atom. The van der Waals surface area contributed by atoms with Crippen LogP contribution in [0.4, 0.5) is 0 Å². The first-order valence-corrected chi connectivity index (χ1v) is 9.68. The normalized spacial score (nSPS) is 32.8. The van der Waals surface area contributed by atoms with E-state index in [1.54, 1.807) is 6.92 Å². The molecule has 0 amide bonds. The molecule has 3 saturated carbocycles. The molecule has 0 saturated heterocycles. The van der Waals surface area contributed by atoms with E-state index in [4.69, 9.17) is 10.7 Å². The highest BCUT2D eigenvalue weighted by Crippen LogP contribution is 2.42. The van der Waals surface area contributed by atoms with Gasteiger partial charge in [0.15, 0.2) is 5.78 Å². The fourth-order valence-corrected chi connectivity index (χ4v) is 4.65. The molecule has 0 bridgehead atoms. The monoisotopic (exact) mass is 316 g/mol. The molecule has 0 aromatic carbocycles. The molecule has 0 unspecified atom stereocenters. The molecule has 0 heterocycles. The Labute approximate surface area is 140 Å². The lowest BCUT2D eigenvalue weighted by atomic mass is 9.68. The van der Waals surface area contributed by atoms with Gasteiger partial charge in [0.05, 0.1) is 5.70 Å². The third kappa shape index (κ3) is 4.05. The van der Waals surface area contributed by atoms with Crippen molar-refractivity contribution in [2.24, 2.45) is 28.5 Å². The first kappa shape index (κ1) is 16.7. The molecule has 128 valence electrons. The van der Waals surface area contributed by atoms with E-state index < -0.39 is 0 Å². The first-order valence-electron chi connectivity index (χ1n) is 9.68. The summed E-state index contributed by atoms with van der Waals surface area (Å²) in [6.45, 7) is 2.47. The maximum atomic E-state index is 11.5. The largest absolute Gasteiger partial charge is 0.396 e. The number of hydrogen-bond acceptors (Lipinski definition) is 3. The second kappa shape index (κ2) is 7.63. The molecule has 2 N–H and O–H groups in total. The summed E-state index contributed by atoms with van der Waals surface area (Å²) in [7, 11) is 0. The number of allylic oxidation sites excluding steroid dienone is 2. The van der Waals surface area contributed by atoms with Crippen molar-refractivity contribution in [2.75, 3.05) is 6.54 Å². The molecule has 0 aliphatic heterocycles. The Morgan fingerprint density at radius 3 is 2.35 bits per heavy atom. The highest BCUT2D eigenvalue weighted by molar-refractivity contribution is 6.08. The maximum absolute atomic E-state index is 11.5. The summed E-state index contributed by atoms with van der Waals surface area (Å²) < 4.78 is 0. The number of rotatable bonds is 5. The van der Waals surface area contributed by atoms with Crippen LogP contribution in [0.3, 0.4) is 0 Å². The van der Waals surface area contributed by atoms with E-state index in [2.05, 4.69) is 0 Å². The molecule has 0 aromatic rings. The lowest BCUT2D eigenvalue weighted by Gasteiger charge is -2.38. The number of nitrogens with two attached hydrogens (primary N) is 1. The third-order valence-electron chi connectivity index (χ3n) is 6.44. The van der Waals surface area contributed by atoms with E-state index in [1.165, 1.54) is 51.4 Å². The van der Waals surface area contributed by atoms with Gasteiger partial charge in [0, 0.05) is 19.2 Å². The number of carbonyl (C=O) groups excluding carboxylic acids is 1. The molecule has 3 rings (SSSR count). The quantitative estimate of drug-likeness (QED) is 0.764. The van der Waals surface area contributed by atoms with Gasteiger partial charge in [0.1, 0.15) is 0 Å². The van der Waals surface area contributed by atoms with E-state index in [0.29, 0.717) is 5.70 Å². The van der Waals surface area contributed by atoms with Gasteiger partial charge in [-0.15, -0.1) is 0 Å². The molecule has 0 radical (unpaired) electrons. The van der Waals surface area contributed by atoms with Gasteiger partial charge in [-0.05, 0) is 61.9 Å². The van der Waals surface area contributed by atoms with Crippen molar-refractivity contribution in [3.8, 4) is 0 Å². The minimum atomic E-state index is -0.0103. The summed E-state index contributed by atoms with van der Waals surface area (Å²) in [4.78, 5) is 16.3. The average molecular weight is 316 g/mol. The Kier molecular flexibility index (Phi) is 5.55. The molecular formula is C20H32N2O. The average Bonchev–Trinajstić information content (AvgIpc) is 2.94. The minimum absolute atomic E-state index is 0.0103. The van der Waals surface area contributed by atoms with E-state index in [9.17, 15) is 4.79 Å². The van der Waals surface area contributed by atoms with Gasteiger partial charge in [0.2, 0.25) is 0 Å². The Morgan fingerprint density at radius 1 is 1.04 bits per heavy atom. The fraction of sp³-hybridized carbons (Fsp3) is 0.800.